The number of quaternary nitrogens is 1. The zero-order chi connectivity index (χ0) is 20.9. The Bertz CT molecular complexity index is 841. The van der Waals surface area contributed by atoms with Gasteiger partial charge in [0, 0.05) is 24.4 Å². The lowest BCUT2D eigenvalue weighted by atomic mass is 10.2. The summed E-state index contributed by atoms with van der Waals surface area (Å²) in [7, 11) is 6.56. The molecular formula is C19H24Br2N5O2+. The summed E-state index contributed by atoms with van der Waals surface area (Å²) in [4.78, 5) is 12.8. The minimum absolute atomic E-state index is 0.0180. The fourth-order valence-corrected chi connectivity index (χ4v) is 3.80. The molecule has 2 rings (SSSR count). The predicted octanol–water partition coefficient (Wildman–Crippen LogP) is 6.07. The molecule has 0 N–H and O–H groups in total. The fraction of sp³-hybridized carbons (Fsp3) is 0.368. The molecule has 0 aliphatic rings. The van der Waals surface area contributed by atoms with Crippen LogP contribution in [0.15, 0.2) is 55.6 Å². The number of nitro groups is 1. The minimum Gasteiger partial charge on any atom is -0.366 e. The lowest BCUT2D eigenvalue weighted by Crippen LogP contribution is -2.42. The van der Waals surface area contributed by atoms with Gasteiger partial charge in [-0.3, -0.25) is 10.1 Å². The highest BCUT2D eigenvalue weighted by Gasteiger charge is 2.14. The summed E-state index contributed by atoms with van der Waals surface area (Å²) in [5, 5.41) is 19.4. The molecule has 9 heteroatoms. The van der Waals surface area contributed by atoms with E-state index in [0.717, 1.165) is 29.8 Å². The van der Waals surface area contributed by atoms with Gasteiger partial charge in [-0.1, -0.05) is 0 Å². The second-order valence-corrected chi connectivity index (χ2v) is 9.03. The van der Waals surface area contributed by atoms with E-state index < -0.39 is 4.92 Å². The van der Waals surface area contributed by atoms with Crippen molar-refractivity contribution in [2.24, 2.45) is 10.2 Å². The molecule has 28 heavy (non-hydrogen) atoms. The summed E-state index contributed by atoms with van der Waals surface area (Å²) in [6, 6.07) is 10.7. The predicted molar refractivity (Wildman–Crippen MR) is 120 cm³/mol. The molecule has 150 valence electrons. The molecule has 0 bridgehead atoms. The van der Waals surface area contributed by atoms with E-state index in [1.165, 1.54) is 12.1 Å². The molecule has 0 aliphatic carbocycles. The molecule has 0 radical (unpaired) electrons. The normalized spacial score (nSPS) is 11.8. The molecule has 0 saturated heterocycles. The first-order valence-electron chi connectivity index (χ1n) is 8.81. The van der Waals surface area contributed by atoms with Crippen molar-refractivity contribution >= 4 is 54.6 Å². The van der Waals surface area contributed by atoms with Gasteiger partial charge in [-0.25, -0.2) is 0 Å². The monoisotopic (exact) mass is 512 g/mol. The molecule has 0 heterocycles. The van der Waals surface area contributed by atoms with E-state index in [2.05, 4.69) is 75.1 Å². The van der Waals surface area contributed by atoms with Gasteiger partial charge in [0.1, 0.15) is 5.69 Å². The van der Waals surface area contributed by atoms with Crippen molar-refractivity contribution in [1.82, 2.24) is 0 Å². The second kappa shape index (κ2) is 9.58. The third-order valence-electron chi connectivity index (χ3n) is 4.12. The van der Waals surface area contributed by atoms with Gasteiger partial charge in [-0.2, -0.15) is 5.11 Å². The number of anilines is 1. The molecule has 0 fully saturated rings. The number of nitrogens with zero attached hydrogens (tertiary/aromatic N) is 5. The van der Waals surface area contributed by atoms with E-state index in [-0.39, 0.29) is 5.69 Å². The van der Waals surface area contributed by atoms with Crippen LogP contribution in [0.4, 0.5) is 22.7 Å². The highest BCUT2D eigenvalue weighted by molar-refractivity contribution is 9.11. The average molecular weight is 514 g/mol. The zero-order valence-corrected chi connectivity index (χ0v) is 19.6. The van der Waals surface area contributed by atoms with E-state index in [9.17, 15) is 10.1 Å². The van der Waals surface area contributed by atoms with Gasteiger partial charge < -0.3 is 9.38 Å². The Kier molecular flexibility index (Phi) is 7.68. The number of hydrogen-bond acceptors (Lipinski definition) is 5. The van der Waals surface area contributed by atoms with Crippen molar-refractivity contribution in [2.75, 3.05) is 45.7 Å². The van der Waals surface area contributed by atoms with Crippen LogP contribution in [0.5, 0.6) is 0 Å². The van der Waals surface area contributed by atoms with Gasteiger partial charge in [0.25, 0.3) is 5.69 Å². The van der Waals surface area contributed by atoms with Gasteiger partial charge in [0.15, 0.2) is 0 Å². The topological polar surface area (TPSA) is 71.1 Å². The summed E-state index contributed by atoms with van der Waals surface area (Å²) in [5.74, 6) is 0. The van der Waals surface area contributed by atoms with Crippen LogP contribution in [0.25, 0.3) is 0 Å². The summed E-state index contributed by atoms with van der Waals surface area (Å²) in [5.41, 5.74) is 2.35. The third-order valence-corrected chi connectivity index (χ3v) is 5.32. The van der Waals surface area contributed by atoms with Crippen LogP contribution < -0.4 is 4.90 Å². The van der Waals surface area contributed by atoms with E-state index >= 15 is 0 Å². The van der Waals surface area contributed by atoms with E-state index in [4.69, 9.17) is 0 Å². The van der Waals surface area contributed by atoms with Gasteiger partial charge in [-0.15, -0.1) is 5.11 Å². The molecule has 0 aliphatic heterocycles. The molecule has 7 nitrogen and oxygen atoms in total. The zero-order valence-electron chi connectivity index (χ0n) is 16.4. The summed E-state index contributed by atoms with van der Waals surface area (Å²) in [6.45, 7) is 5.11. The lowest BCUT2D eigenvalue weighted by Gasteiger charge is -2.29. The third kappa shape index (κ3) is 6.35. The molecule has 2 aromatic rings. The first-order valence-corrected chi connectivity index (χ1v) is 10.4. The summed E-state index contributed by atoms with van der Waals surface area (Å²) < 4.78 is 1.93. The Morgan fingerprint density at radius 3 is 2.11 bits per heavy atom. The van der Waals surface area contributed by atoms with Gasteiger partial charge >= 0.3 is 0 Å². The fourth-order valence-electron chi connectivity index (χ4n) is 2.48. The number of benzene rings is 2. The number of likely N-dealkylation sites (N-methyl/N-ethyl adjacent to an activating group) is 2. The number of non-ortho nitro benzene ring substituents is 1. The van der Waals surface area contributed by atoms with E-state index in [1.807, 2.05) is 24.3 Å². The summed E-state index contributed by atoms with van der Waals surface area (Å²) >= 11 is 6.63. The Morgan fingerprint density at radius 1 is 1.07 bits per heavy atom. The molecule has 0 aromatic heterocycles. The molecule has 0 saturated carbocycles. The lowest BCUT2D eigenvalue weighted by molar-refractivity contribution is -0.868. The van der Waals surface area contributed by atoms with Crippen LogP contribution in [0, 0.1) is 10.1 Å². The second-order valence-electron chi connectivity index (χ2n) is 7.33. The van der Waals surface area contributed by atoms with Crippen molar-refractivity contribution in [2.45, 2.75) is 6.92 Å². The highest BCUT2D eigenvalue weighted by Crippen LogP contribution is 2.38. The average Bonchev–Trinajstić information content (AvgIpc) is 2.61. The molecule has 0 amide bonds. The molecule has 0 spiro atoms. The Morgan fingerprint density at radius 2 is 1.64 bits per heavy atom. The van der Waals surface area contributed by atoms with Crippen molar-refractivity contribution in [1.29, 1.82) is 0 Å². The van der Waals surface area contributed by atoms with Gasteiger partial charge in [0.05, 0.1) is 53.8 Å². The van der Waals surface area contributed by atoms with Gasteiger partial charge in [-0.05, 0) is 63.0 Å². The van der Waals surface area contributed by atoms with Crippen molar-refractivity contribution < 1.29 is 9.41 Å². The van der Waals surface area contributed by atoms with Crippen molar-refractivity contribution in [3.05, 3.63) is 55.5 Å². The number of nitro benzene ring substituents is 1. The standard InChI is InChI=1S/C19H24Br2N5O2/c1-5-24(10-11-26(2,3)4)15-8-6-14(7-9-15)22-23-19-17(20)12-16(25(27)28)13-18(19)21/h6-9,12-13H,5,10-11H2,1-4H3/q+1. The van der Waals surface area contributed by atoms with Crippen LogP contribution >= 0.6 is 31.9 Å². The number of azo groups is 1. The Labute approximate surface area is 182 Å². The maximum absolute atomic E-state index is 10.9. The van der Waals surface area contributed by atoms with Gasteiger partial charge in [0.2, 0.25) is 0 Å². The highest BCUT2D eigenvalue weighted by atomic mass is 79.9. The molecular weight excluding hydrogens is 490 g/mol. The first kappa shape index (κ1) is 22.4. The van der Waals surface area contributed by atoms with Crippen LogP contribution in [0.2, 0.25) is 0 Å². The number of rotatable bonds is 8. The van der Waals surface area contributed by atoms with Crippen LogP contribution in [0.3, 0.4) is 0 Å². The quantitative estimate of drug-likeness (QED) is 0.186. The van der Waals surface area contributed by atoms with Crippen molar-refractivity contribution in [3.63, 3.8) is 0 Å². The minimum atomic E-state index is -0.451. The molecule has 2 aromatic carbocycles. The Hall–Kier alpha value is -1.84. The molecule has 0 unspecified atom stereocenters. The maximum atomic E-state index is 10.9. The van der Waals surface area contributed by atoms with Crippen LogP contribution in [0.1, 0.15) is 6.92 Å². The smallest absolute Gasteiger partial charge is 0.271 e. The first-order chi connectivity index (χ1) is 13.1. The van der Waals surface area contributed by atoms with E-state index in [1.54, 1.807) is 0 Å². The maximum Gasteiger partial charge on any atom is 0.271 e. The molecule has 0 atom stereocenters. The SMILES string of the molecule is CCN(CC[N+](C)(C)C)c1ccc(N=Nc2c(Br)cc([N+](=O)[O-])cc2Br)cc1. The van der Waals surface area contributed by atoms with Crippen molar-refractivity contribution in [3.8, 4) is 0 Å². The van der Waals surface area contributed by atoms with Crippen LogP contribution in [-0.4, -0.2) is 50.2 Å². The van der Waals surface area contributed by atoms with E-state index in [0.29, 0.717) is 20.3 Å². The largest absolute Gasteiger partial charge is 0.366 e. The van der Waals surface area contributed by atoms with Crippen LogP contribution in [-0.2, 0) is 0 Å². The number of hydrogen-bond donors (Lipinski definition) is 0. The summed E-state index contributed by atoms with van der Waals surface area (Å²) in [6.07, 6.45) is 0. The Balaban J connectivity index is 2.15. The number of halogens is 2.